The van der Waals surface area contributed by atoms with Crippen molar-refractivity contribution in [1.29, 1.82) is 0 Å². The molecule has 0 radical (unpaired) electrons. The summed E-state index contributed by atoms with van der Waals surface area (Å²) in [7, 11) is 0. The van der Waals surface area contributed by atoms with E-state index in [1.165, 1.54) is 36.0 Å². The van der Waals surface area contributed by atoms with Crippen LogP contribution in [0.5, 0.6) is 0 Å². The molecule has 0 aliphatic carbocycles. The molecule has 0 saturated carbocycles. The standard InChI is InChI=1S/C17H13ClFN3O2S/c18-10-1-5-13(6-2-10)21-17-22-16(24)14(25-17)9-15(23)20-12-7-3-11(19)4-8-12/h1-8,14H,9H2,(H,20,23)(H,21,22,24). The van der Waals surface area contributed by atoms with Gasteiger partial charge in [-0.25, -0.2) is 9.38 Å². The highest BCUT2D eigenvalue weighted by Gasteiger charge is 2.32. The van der Waals surface area contributed by atoms with Crippen LogP contribution in [0.4, 0.5) is 15.8 Å². The summed E-state index contributed by atoms with van der Waals surface area (Å²) in [6, 6.07) is 12.3. The fourth-order valence-corrected chi connectivity index (χ4v) is 3.25. The second-order valence-corrected chi connectivity index (χ2v) is 6.88. The zero-order chi connectivity index (χ0) is 17.8. The van der Waals surface area contributed by atoms with E-state index in [2.05, 4.69) is 15.6 Å². The molecule has 1 atom stereocenters. The van der Waals surface area contributed by atoms with E-state index >= 15 is 0 Å². The first-order valence-corrected chi connectivity index (χ1v) is 8.62. The minimum Gasteiger partial charge on any atom is -0.326 e. The van der Waals surface area contributed by atoms with Gasteiger partial charge in [-0.2, -0.15) is 0 Å². The van der Waals surface area contributed by atoms with E-state index < -0.39 is 5.25 Å². The van der Waals surface area contributed by atoms with Crippen LogP contribution < -0.4 is 10.6 Å². The zero-order valence-corrected chi connectivity index (χ0v) is 14.4. The zero-order valence-electron chi connectivity index (χ0n) is 12.8. The third kappa shape index (κ3) is 4.80. The first-order chi connectivity index (χ1) is 12.0. The van der Waals surface area contributed by atoms with E-state index in [1.807, 2.05) is 0 Å². The van der Waals surface area contributed by atoms with Gasteiger partial charge in [-0.3, -0.25) is 9.59 Å². The van der Waals surface area contributed by atoms with Crippen LogP contribution in [0.25, 0.3) is 0 Å². The lowest BCUT2D eigenvalue weighted by atomic mass is 10.2. The molecule has 0 bridgehead atoms. The van der Waals surface area contributed by atoms with Gasteiger partial charge in [0.05, 0.1) is 5.69 Å². The Morgan fingerprint density at radius 1 is 1.20 bits per heavy atom. The minimum atomic E-state index is -0.563. The van der Waals surface area contributed by atoms with Crippen molar-refractivity contribution in [2.24, 2.45) is 4.99 Å². The number of hydrogen-bond donors (Lipinski definition) is 2. The molecule has 3 rings (SSSR count). The van der Waals surface area contributed by atoms with Crippen molar-refractivity contribution in [3.63, 3.8) is 0 Å². The Morgan fingerprint density at radius 2 is 1.88 bits per heavy atom. The van der Waals surface area contributed by atoms with Gasteiger partial charge in [-0.1, -0.05) is 23.4 Å². The quantitative estimate of drug-likeness (QED) is 0.852. The molecule has 5 nitrogen and oxygen atoms in total. The lowest BCUT2D eigenvalue weighted by Gasteiger charge is -2.07. The largest absolute Gasteiger partial charge is 0.326 e. The van der Waals surface area contributed by atoms with E-state index in [9.17, 15) is 14.0 Å². The van der Waals surface area contributed by atoms with E-state index in [4.69, 9.17) is 11.6 Å². The average Bonchev–Trinajstić information content (AvgIpc) is 2.91. The molecule has 1 aliphatic heterocycles. The van der Waals surface area contributed by atoms with Crippen molar-refractivity contribution in [1.82, 2.24) is 5.32 Å². The fourth-order valence-electron chi connectivity index (χ4n) is 2.14. The van der Waals surface area contributed by atoms with Crippen molar-refractivity contribution in [2.75, 3.05) is 5.32 Å². The Kier molecular flexibility index (Phi) is 5.35. The van der Waals surface area contributed by atoms with Gasteiger partial charge in [0.15, 0.2) is 5.17 Å². The maximum Gasteiger partial charge on any atom is 0.240 e. The Bertz CT molecular complexity index is 825. The first-order valence-electron chi connectivity index (χ1n) is 7.37. The summed E-state index contributed by atoms with van der Waals surface area (Å²) < 4.78 is 12.9. The first kappa shape index (κ1) is 17.4. The molecule has 2 aromatic rings. The van der Waals surface area contributed by atoms with Gasteiger partial charge < -0.3 is 10.6 Å². The number of carbonyl (C=O) groups is 2. The topological polar surface area (TPSA) is 70.6 Å². The molecule has 1 unspecified atom stereocenters. The molecular formula is C17H13ClFN3O2S. The van der Waals surface area contributed by atoms with Crippen LogP contribution in [0.2, 0.25) is 5.02 Å². The van der Waals surface area contributed by atoms with Crippen molar-refractivity contribution in [2.45, 2.75) is 11.7 Å². The van der Waals surface area contributed by atoms with Gasteiger partial charge in [0.1, 0.15) is 11.1 Å². The van der Waals surface area contributed by atoms with Crippen LogP contribution >= 0.6 is 23.4 Å². The molecule has 2 N–H and O–H groups in total. The van der Waals surface area contributed by atoms with Crippen LogP contribution in [0.15, 0.2) is 53.5 Å². The highest BCUT2D eigenvalue weighted by atomic mass is 35.5. The number of amidine groups is 1. The van der Waals surface area contributed by atoms with Gasteiger partial charge in [0, 0.05) is 17.1 Å². The summed E-state index contributed by atoms with van der Waals surface area (Å²) >= 11 is 7.01. The van der Waals surface area contributed by atoms with Gasteiger partial charge >= 0.3 is 0 Å². The molecular weight excluding hydrogens is 365 g/mol. The minimum absolute atomic E-state index is 0.00643. The summed E-state index contributed by atoms with van der Waals surface area (Å²) in [4.78, 5) is 28.4. The monoisotopic (exact) mass is 377 g/mol. The molecule has 1 saturated heterocycles. The number of nitrogens with zero attached hydrogens (tertiary/aromatic N) is 1. The number of halogens is 2. The smallest absolute Gasteiger partial charge is 0.240 e. The lowest BCUT2D eigenvalue weighted by Crippen LogP contribution is -2.28. The molecule has 2 aromatic carbocycles. The number of nitrogens with one attached hydrogen (secondary N) is 2. The third-order valence-electron chi connectivity index (χ3n) is 3.33. The molecule has 1 fully saturated rings. The number of hydrogen-bond acceptors (Lipinski definition) is 4. The molecule has 2 amide bonds. The number of rotatable bonds is 4. The summed E-state index contributed by atoms with van der Waals surface area (Å²) in [5.41, 5.74) is 1.13. The van der Waals surface area contributed by atoms with Crippen molar-refractivity contribution < 1.29 is 14.0 Å². The third-order valence-corrected chi connectivity index (χ3v) is 4.67. The van der Waals surface area contributed by atoms with E-state index in [0.29, 0.717) is 21.6 Å². The molecule has 0 aromatic heterocycles. The number of thioether (sulfide) groups is 1. The van der Waals surface area contributed by atoms with Crippen molar-refractivity contribution in [3.05, 3.63) is 59.4 Å². The number of amides is 2. The Hall–Kier alpha value is -2.38. The number of carbonyl (C=O) groups excluding carboxylic acids is 2. The summed E-state index contributed by atoms with van der Waals surface area (Å²) in [5.74, 6) is -0.981. The average molecular weight is 378 g/mol. The molecule has 128 valence electrons. The summed E-state index contributed by atoms with van der Waals surface area (Å²) in [5, 5.41) is 5.76. The Balaban J connectivity index is 1.59. The SMILES string of the molecule is O=C(CC1SC(=Nc2ccc(Cl)cc2)NC1=O)Nc1ccc(F)cc1. The van der Waals surface area contributed by atoms with Crippen LogP contribution in [0, 0.1) is 5.82 Å². The van der Waals surface area contributed by atoms with Crippen molar-refractivity contribution >= 4 is 51.7 Å². The van der Waals surface area contributed by atoms with Crippen LogP contribution in [-0.2, 0) is 9.59 Å². The molecule has 1 heterocycles. The normalized spacial score (nSPS) is 18.2. The number of aliphatic imine (C=N–C) groups is 1. The predicted molar refractivity (Wildman–Crippen MR) is 97.7 cm³/mol. The Labute approximate surface area is 152 Å². The Morgan fingerprint density at radius 3 is 2.56 bits per heavy atom. The van der Waals surface area contributed by atoms with Gasteiger partial charge in [-0.05, 0) is 48.5 Å². The number of benzene rings is 2. The maximum atomic E-state index is 12.9. The summed E-state index contributed by atoms with van der Waals surface area (Å²) in [6.07, 6.45) is -0.00643. The highest BCUT2D eigenvalue weighted by molar-refractivity contribution is 8.15. The van der Waals surface area contributed by atoms with E-state index in [1.54, 1.807) is 24.3 Å². The highest BCUT2D eigenvalue weighted by Crippen LogP contribution is 2.26. The molecule has 8 heteroatoms. The second-order valence-electron chi connectivity index (χ2n) is 5.25. The van der Waals surface area contributed by atoms with E-state index in [0.717, 1.165) is 0 Å². The maximum absolute atomic E-state index is 12.9. The second kappa shape index (κ2) is 7.67. The molecule has 1 aliphatic rings. The van der Waals surface area contributed by atoms with Gasteiger partial charge in [0.2, 0.25) is 11.8 Å². The van der Waals surface area contributed by atoms with Crippen LogP contribution in [-0.4, -0.2) is 22.2 Å². The van der Waals surface area contributed by atoms with E-state index in [-0.39, 0.29) is 24.1 Å². The van der Waals surface area contributed by atoms with Gasteiger partial charge in [0.25, 0.3) is 0 Å². The number of anilines is 1. The van der Waals surface area contributed by atoms with Crippen molar-refractivity contribution in [3.8, 4) is 0 Å². The molecule has 25 heavy (non-hydrogen) atoms. The predicted octanol–water partition coefficient (Wildman–Crippen LogP) is 3.73. The van der Waals surface area contributed by atoms with Gasteiger partial charge in [-0.15, -0.1) is 0 Å². The molecule has 0 spiro atoms. The van der Waals surface area contributed by atoms with Crippen LogP contribution in [0.3, 0.4) is 0 Å². The summed E-state index contributed by atoms with van der Waals surface area (Å²) in [6.45, 7) is 0. The van der Waals surface area contributed by atoms with Crippen LogP contribution in [0.1, 0.15) is 6.42 Å². The lowest BCUT2D eigenvalue weighted by molar-refractivity contribution is -0.122. The fraction of sp³-hybridized carbons (Fsp3) is 0.118.